The molecule has 0 spiro atoms. The van der Waals surface area contributed by atoms with Crippen molar-refractivity contribution in [2.45, 2.75) is 38.1 Å². The number of ether oxygens (including phenoxy) is 1. The number of benzene rings is 1. The van der Waals surface area contributed by atoms with Gasteiger partial charge in [0.05, 0.1) is 0 Å². The fraction of sp³-hybridized carbons (Fsp3) is 0.526. The van der Waals surface area contributed by atoms with Gasteiger partial charge in [-0.05, 0) is 31.9 Å². The number of carbonyl (C=O) groups excluding carboxylic acids is 3. The molecule has 2 fully saturated rings. The number of hydrogen-bond acceptors (Lipinski definition) is 4. The monoisotopic (exact) mass is 431 g/mol. The average Bonchev–Trinajstić information content (AvgIpc) is 2.96. The van der Waals surface area contributed by atoms with E-state index in [0.717, 1.165) is 4.90 Å². The Kier molecular flexibility index (Phi) is 6.18. The Bertz CT molecular complexity index is 824. The Labute approximate surface area is 170 Å². The van der Waals surface area contributed by atoms with Gasteiger partial charge in [-0.2, -0.15) is 13.2 Å². The Balaban J connectivity index is 1.54. The minimum Gasteiger partial charge on any atom is -0.478 e. The number of imide groups is 1. The molecule has 30 heavy (non-hydrogen) atoms. The minimum absolute atomic E-state index is 0.0424. The third-order valence-electron chi connectivity index (χ3n) is 5.13. The van der Waals surface area contributed by atoms with Gasteiger partial charge in [-0.15, -0.1) is 0 Å². The van der Waals surface area contributed by atoms with Crippen LogP contribution in [-0.2, 0) is 9.59 Å². The van der Waals surface area contributed by atoms with Crippen LogP contribution < -0.4 is 4.74 Å². The summed E-state index contributed by atoms with van der Waals surface area (Å²) in [7, 11) is 0. The van der Waals surface area contributed by atoms with Crippen molar-refractivity contribution in [3.8, 4) is 5.75 Å². The number of carbonyl (C=O) groups is 3. The van der Waals surface area contributed by atoms with Gasteiger partial charge in [-0.25, -0.2) is 9.18 Å². The van der Waals surface area contributed by atoms with Gasteiger partial charge < -0.3 is 14.5 Å². The van der Waals surface area contributed by atoms with Crippen molar-refractivity contribution in [2.24, 2.45) is 0 Å². The Morgan fingerprint density at radius 1 is 1.20 bits per heavy atom. The van der Waals surface area contributed by atoms with E-state index >= 15 is 0 Å². The molecule has 1 aromatic carbocycles. The van der Waals surface area contributed by atoms with E-state index in [9.17, 15) is 31.9 Å². The molecule has 0 aliphatic carbocycles. The van der Waals surface area contributed by atoms with Crippen molar-refractivity contribution in [1.82, 2.24) is 14.7 Å². The lowest BCUT2D eigenvalue weighted by molar-refractivity contribution is -0.151. The van der Waals surface area contributed by atoms with Gasteiger partial charge in [0.15, 0.2) is 17.7 Å². The molecule has 11 heteroatoms. The molecule has 1 aromatic rings. The molecule has 0 unspecified atom stereocenters. The maximum Gasteiger partial charge on any atom is 0.406 e. The fourth-order valence-electron chi connectivity index (χ4n) is 3.62. The molecule has 2 aliphatic heterocycles. The number of urea groups is 1. The largest absolute Gasteiger partial charge is 0.478 e. The lowest BCUT2D eigenvalue weighted by Gasteiger charge is -2.37. The maximum atomic E-state index is 13.7. The molecule has 0 N–H and O–H groups in total. The zero-order valence-corrected chi connectivity index (χ0v) is 16.2. The van der Waals surface area contributed by atoms with E-state index in [2.05, 4.69) is 0 Å². The normalized spacial score (nSPS) is 19.4. The number of nitrogens with zero attached hydrogens (tertiary/aromatic N) is 3. The number of para-hydroxylation sites is 1. The first-order chi connectivity index (χ1) is 14.1. The quantitative estimate of drug-likeness (QED) is 0.531. The van der Waals surface area contributed by atoms with Crippen molar-refractivity contribution in [3.63, 3.8) is 0 Å². The number of alkyl halides is 3. The summed E-state index contributed by atoms with van der Waals surface area (Å²) in [5, 5.41) is 0. The molecule has 0 aromatic heterocycles. The second-order valence-electron chi connectivity index (χ2n) is 7.25. The van der Waals surface area contributed by atoms with Gasteiger partial charge in [0, 0.05) is 19.1 Å². The predicted molar refractivity (Wildman–Crippen MR) is 96.0 cm³/mol. The van der Waals surface area contributed by atoms with Crippen LogP contribution in [0.2, 0.25) is 0 Å². The molecule has 7 nitrogen and oxygen atoms in total. The van der Waals surface area contributed by atoms with Crippen molar-refractivity contribution in [1.29, 1.82) is 0 Å². The molecular formula is C19H21F4N3O4. The van der Waals surface area contributed by atoms with Gasteiger partial charge in [0.2, 0.25) is 0 Å². The van der Waals surface area contributed by atoms with Crippen LogP contribution >= 0.6 is 0 Å². The number of hydrogen-bond donors (Lipinski definition) is 0. The highest BCUT2D eigenvalue weighted by Crippen LogP contribution is 2.26. The highest BCUT2D eigenvalue weighted by Gasteiger charge is 2.45. The standard InChI is InChI=1S/C19H21F4N3O4/c1-12(30-15-5-3-2-4-14(15)20)17(28)24-8-6-13(7-9-24)25-10-16(27)26(18(25)29)11-19(21,22)23/h2-5,12-13H,6-11H2,1H3/t12-/m0/s1. The first-order valence-electron chi connectivity index (χ1n) is 9.44. The van der Waals surface area contributed by atoms with Crippen LogP contribution in [0.25, 0.3) is 0 Å². The highest BCUT2D eigenvalue weighted by molar-refractivity contribution is 6.02. The molecule has 164 valence electrons. The lowest BCUT2D eigenvalue weighted by atomic mass is 10.0. The molecule has 1 atom stereocenters. The SMILES string of the molecule is C[C@H](Oc1ccccc1F)C(=O)N1CCC(N2CC(=O)N(CC(F)(F)F)C2=O)CC1. The third kappa shape index (κ3) is 4.82. The van der Waals surface area contributed by atoms with Crippen molar-refractivity contribution in [3.05, 3.63) is 30.1 Å². The smallest absolute Gasteiger partial charge is 0.406 e. The number of likely N-dealkylation sites (tertiary alicyclic amines) is 1. The molecule has 3 rings (SSSR count). The van der Waals surface area contributed by atoms with E-state index in [-0.39, 0.29) is 29.6 Å². The third-order valence-corrected chi connectivity index (χ3v) is 5.13. The summed E-state index contributed by atoms with van der Waals surface area (Å²) in [6.07, 6.45) is -4.96. The van der Waals surface area contributed by atoms with Crippen LogP contribution in [0.5, 0.6) is 5.75 Å². The summed E-state index contributed by atoms with van der Waals surface area (Å²) in [6.45, 7) is -0.0281. The molecule has 0 radical (unpaired) electrons. The summed E-state index contributed by atoms with van der Waals surface area (Å²) in [5.74, 6) is -1.88. The summed E-state index contributed by atoms with van der Waals surface area (Å²) in [5.41, 5.74) is 0. The molecule has 2 saturated heterocycles. The molecule has 0 saturated carbocycles. The summed E-state index contributed by atoms with van der Waals surface area (Å²) in [4.78, 5) is 39.5. The average molecular weight is 431 g/mol. The Morgan fingerprint density at radius 2 is 1.83 bits per heavy atom. The topological polar surface area (TPSA) is 70.2 Å². The first kappa shape index (κ1) is 21.8. The van der Waals surface area contributed by atoms with Crippen LogP contribution in [0.4, 0.5) is 22.4 Å². The Morgan fingerprint density at radius 3 is 2.43 bits per heavy atom. The summed E-state index contributed by atoms with van der Waals surface area (Å²) < 4.78 is 56.8. The van der Waals surface area contributed by atoms with E-state index in [1.807, 2.05) is 0 Å². The van der Waals surface area contributed by atoms with Gasteiger partial charge in [0.1, 0.15) is 13.1 Å². The van der Waals surface area contributed by atoms with Crippen molar-refractivity contribution < 1.29 is 36.7 Å². The Hall–Kier alpha value is -2.85. The van der Waals surface area contributed by atoms with Crippen molar-refractivity contribution >= 4 is 17.8 Å². The number of halogens is 4. The van der Waals surface area contributed by atoms with E-state index in [0.29, 0.717) is 12.8 Å². The second kappa shape index (κ2) is 8.49. The van der Waals surface area contributed by atoms with E-state index < -0.39 is 49.2 Å². The highest BCUT2D eigenvalue weighted by atomic mass is 19.4. The predicted octanol–water partition coefficient (Wildman–Crippen LogP) is 2.41. The number of piperidine rings is 1. The van der Waals surface area contributed by atoms with Gasteiger partial charge in [-0.3, -0.25) is 14.5 Å². The molecule has 0 bridgehead atoms. The van der Waals surface area contributed by atoms with E-state index in [4.69, 9.17) is 4.74 Å². The van der Waals surface area contributed by atoms with Gasteiger partial charge in [0.25, 0.3) is 11.8 Å². The van der Waals surface area contributed by atoms with Crippen molar-refractivity contribution in [2.75, 3.05) is 26.2 Å². The van der Waals surface area contributed by atoms with Gasteiger partial charge >= 0.3 is 12.2 Å². The van der Waals surface area contributed by atoms with Crippen LogP contribution in [-0.4, -0.2) is 77.0 Å². The summed E-state index contributed by atoms with van der Waals surface area (Å²) in [6, 6.07) is 4.31. The molecule has 4 amide bonds. The van der Waals surface area contributed by atoms with Crippen LogP contribution in [0.1, 0.15) is 19.8 Å². The first-order valence-corrected chi connectivity index (χ1v) is 9.44. The number of amides is 4. The second-order valence-corrected chi connectivity index (χ2v) is 7.25. The van der Waals surface area contributed by atoms with Crippen LogP contribution in [0, 0.1) is 5.82 Å². The van der Waals surface area contributed by atoms with Crippen LogP contribution in [0.15, 0.2) is 24.3 Å². The minimum atomic E-state index is -4.66. The lowest BCUT2D eigenvalue weighted by Crippen LogP contribution is -2.50. The van der Waals surface area contributed by atoms with E-state index in [1.165, 1.54) is 30.0 Å². The van der Waals surface area contributed by atoms with Gasteiger partial charge in [-0.1, -0.05) is 12.1 Å². The zero-order chi connectivity index (χ0) is 22.1. The summed E-state index contributed by atoms with van der Waals surface area (Å²) >= 11 is 0. The van der Waals surface area contributed by atoms with E-state index in [1.54, 1.807) is 6.07 Å². The zero-order valence-electron chi connectivity index (χ0n) is 16.2. The molecule has 2 aliphatic rings. The fourth-order valence-corrected chi connectivity index (χ4v) is 3.62. The maximum absolute atomic E-state index is 13.7. The molecular weight excluding hydrogens is 410 g/mol. The van der Waals surface area contributed by atoms with Crippen LogP contribution in [0.3, 0.4) is 0 Å². The number of rotatable bonds is 5. The molecule has 2 heterocycles.